The Morgan fingerprint density at radius 1 is 1.04 bits per heavy atom. The number of hydrogen-bond donors (Lipinski definition) is 3. The van der Waals surface area contributed by atoms with E-state index in [2.05, 4.69) is 30.6 Å². The molecule has 7 heteroatoms. The van der Waals surface area contributed by atoms with Crippen molar-refractivity contribution in [2.45, 2.75) is 0 Å². The number of rotatable bonds is 4. The fraction of sp³-hybridized carbons (Fsp3) is 0.0588. The first-order valence-electron chi connectivity index (χ1n) is 7.46. The fourth-order valence-corrected chi connectivity index (χ4v) is 2.53. The third-order valence-electron chi connectivity index (χ3n) is 3.66. The predicted molar refractivity (Wildman–Crippen MR) is 92.8 cm³/mol. The van der Waals surface area contributed by atoms with E-state index in [0.29, 0.717) is 11.5 Å². The molecule has 118 valence electrons. The first-order chi connectivity index (χ1) is 11.8. The van der Waals surface area contributed by atoms with Crippen molar-refractivity contribution in [1.82, 2.24) is 19.9 Å². The van der Waals surface area contributed by atoms with Gasteiger partial charge in [0, 0.05) is 11.1 Å². The van der Waals surface area contributed by atoms with Gasteiger partial charge in [0.15, 0.2) is 0 Å². The second kappa shape index (κ2) is 5.96. The number of hydrogen-bond acceptors (Lipinski definition) is 5. The molecule has 0 unspecified atom stereocenters. The second-order valence-electron chi connectivity index (χ2n) is 5.28. The third kappa shape index (κ3) is 2.74. The Morgan fingerprint density at radius 3 is 2.92 bits per heavy atom. The van der Waals surface area contributed by atoms with Crippen molar-refractivity contribution < 1.29 is 4.79 Å². The molecule has 3 N–H and O–H groups in total. The number of carbonyl (C=O) groups excluding carboxylic acids is 1. The van der Waals surface area contributed by atoms with E-state index in [4.69, 9.17) is 0 Å². The summed E-state index contributed by atoms with van der Waals surface area (Å²) in [5, 5.41) is 6.79. The molecule has 0 atom stereocenters. The van der Waals surface area contributed by atoms with Gasteiger partial charge in [0.25, 0.3) is 0 Å². The summed E-state index contributed by atoms with van der Waals surface area (Å²) in [6.07, 6.45) is 3.10. The molecule has 0 aliphatic rings. The zero-order chi connectivity index (χ0) is 16.4. The number of anilines is 2. The van der Waals surface area contributed by atoms with E-state index in [0.717, 1.165) is 21.9 Å². The summed E-state index contributed by atoms with van der Waals surface area (Å²) < 4.78 is 0. The highest BCUT2D eigenvalue weighted by molar-refractivity contribution is 5.97. The zero-order valence-corrected chi connectivity index (χ0v) is 12.7. The number of aromatic amines is 1. The summed E-state index contributed by atoms with van der Waals surface area (Å²) in [6, 6.07) is 13.2. The van der Waals surface area contributed by atoms with Crippen LogP contribution in [0.2, 0.25) is 0 Å². The number of imidazole rings is 1. The molecular formula is C17H14N6O. The molecule has 7 nitrogen and oxygen atoms in total. The third-order valence-corrected chi connectivity index (χ3v) is 3.66. The Hall–Kier alpha value is -3.48. The molecule has 24 heavy (non-hydrogen) atoms. The number of H-pyrrole nitrogens is 1. The van der Waals surface area contributed by atoms with E-state index in [1.807, 2.05) is 42.5 Å². The van der Waals surface area contributed by atoms with Gasteiger partial charge in [-0.2, -0.15) is 0 Å². The Kier molecular flexibility index (Phi) is 3.51. The van der Waals surface area contributed by atoms with Crippen LogP contribution in [0.15, 0.2) is 55.1 Å². The molecule has 2 heterocycles. The highest BCUT2D eigenvalue weighted by Crippen LogP contribution is 2.18. The normalized spacial score (nSPS) is 10.8. The lowest BCUT2D eigenvalue weighted by Crippen LogP contribution is -2.22. The maximum Gasteiger partial charge on any atom is 0.243 e. The van der Waals surface area contributed by atoms with Gasteiger partial charge in [-0.3, -0.25) is 4.79 Å². The number of aromatic nitrogens is 4. The van der Waals surface area contributed by atoms with Gasteiger partial charge in [0.1, 0.15) is 12.1 Å². The highest BCUT2D eigenvalue weighted by atomic mass is 16.1. The van der Waals surface area contributed by atoms with Crippen molar-refractivity contribution in [1.29, 1.82) is 0 Å². The lowest BCUT2D eigenvalue weighted by Gasteiger charge is -2.09. The first kappa shape index (κ1) is 14.1. The number of fused-ring (bicyclic) bond motifs is 2. The molecule has 4 aromatic rings. The molecule has 2 aromatic carbocycles. The van der Waals surface area contributed by atoms with E-state index in [-0.39, 0.29) is 12.5 Å². The lowest BCUT2D eigenvalue weighted by atomic mass is 10.2. The Labute approximate surface area is 137 Å². The summed E-state index contributed by atoms with van der Waals surface area (Å²) in [4.78, 5) is 27.7. The molecule has 0 saturated carbocycles. The minimum absolute atomic E-state index is 0.113. The van der Waals surface area contributed by atoms with Gasteiger partial charge < -0.3 is 15.6 Å². The van der Waals surface area contributed by atoms with Crippen molar-refractivity contribution in [2.24, 2.45) is 0 Å². The van der Waals surface area contributed by atoms with Crippen LogP contribution in [0.3, 0.4) is 0 Å². The van der Waals surface area contributed by atoms with Gasteiger partial charge in [-0.1, -0.05) is 12.1 Å². The fourth-order valence-electron chi connectivity index (χ4n) is 2.53. The summed E-state index contributed by atoms with van der Waals surface area (Å²) in [5.41, 5.74) is 3.28. The smallest absolute Gasteiger partial charge is 0.243 e. The summed E-state index contributed by atoms with van der Waals surface area (Å²) in [7, 11) is 0. The van der Waals surface area contributed by atoms with Gasteiger partial charge in [0.05, 0.1) is 29.4 Å². The second-order valence-corrected chi connectivity index (χ2v) is 5.28. The van der Waals surface area contributed by atoms with Crippen LogP contribution in [0.1, 0.15) is 0 Å². The largest absolute Gasteiger partial charge is 0.360 e. The van der Waals surface area contributed by atoms with Crippen LogP contribution in [0.4, 0.5) is 11.5 Å². The first-order valence-corrected chi connectivity index (χ1v) is 7.46. The van der Waals surface area contributed by atoms with Crippen molar-refractivity contribution in [3.05, 3.63) is 55.1 Å². The average Bonchev–Trinajstić information content (AvgIpc) is 3.07. The number of carbonyl (C=O) groups is 1. The number of benzene rings is 2. The van der Waals surface area contributed by atoms with Gasteiger partial charge in [-0.25, -0.2) is 15.0 Å². The van der Waals surface area contributed by atoms with Crippen LogP contribution < -0.4 is 10.6 Å². The molecule has 0 spiro atoms. The SMILES string of the molecule is O=C(CNc1ncnc2ccccc12)Nc1ccc2nc[nH]c2c1. The minimum Gasteiger partial charge on any atom is -0.360 e. The number of para-hydroxylation sites is 1. The minimum atomic E-state index is -0.156. The monoisotopic (exact) mass is 318 g/mol. The van der Waals surface area contributed by atoms with Crippen LogP contribution in [0, 0.1) is 0 Å². The standard InChI is InChI=1S/C17H14N6O/c24-16(23-11-5-6-14-15(7-11)21-9-20-14)8-18-17-12-3-1-2-4-13(12)19-10-22-17/h1-7,9-10H,8H2,(H,20,21)(H,23,24)(H,18,19,22). The molecule has 0 aliphatic carbocycles. The van der Waals surface area contributed by atoms with E-state index >= 15 is 0 Å². The maximum absolute atomic E-state index is 12.2. The van der Waals surface area contributed by atoms with E-state index in [9.17, 15) is 4.79 Å². The van der Waals surface area contributed by atoms with Crippen LogP contribution in [0.25, 0.3) is 21.9 Å². The molecule has 0 radical (unpaired) electrons. The Bertz CT molecular complexity index is 1020. The topological polar surface area (TPSA) is 95.6 Å². The Morgan fingerprint density at radius 2 is 1.96 bits per heavy atom. The van der Waals surface area contributed by atoms with Gasteiger partial charge in [-0.15, -0.1) is 0 Å². The quantitative estimate of drug-likeness (QED) is 0.537. The molecule has 0 saturated heterocycles. The molecule has 0 bridgehead atoms. The van der Waals surface area contributed by atoms with Crippen molar-refractivity contribution in [2.75, 3.05) is 17.2 Å². The van der Waals surface area contributed by atoms with Gasteiger partial charge >= 0.3 is 0 Å². The van der Waals surface area contributed by atoms with E-state index in [1.165, 1.54) is 6.33 Å². The van der Waals surface area contributed by atoms with Crippen molar-refractivity contribution in [3.63, 3.8) is 0 Å². The average molecular weight is 318 g/mol. The predicted octanol–water partition coefficient (Wildman–Crippen LogP) is 2.56. The number of amides is 1. The Balaban J connectivity index is 1.46. The molecule has 0 fully saturated rings. The van der Waals surface area contributed by atoms with Gasteiger partial charge in [-0.05, 0) is 30.3 Å². The van der Waals surface area contributed by atoms with Crippen LogP contribution in [-0.4, -0.2) is 32.4 Å². The van der Waals surface area contributed by atoms with Crippen LogP contribution >= 0.6 is 0 Å². The van der Waals surface area contributed by atoms with E-state index in [1.54, 1.807) is 6.33 Å². The van der Waals surface area contributed by atoms with Gasteiger partial charge in [0.2, 0.25) is 5.91 Å². The maximum atomic E-state index is 12.2. The summed E-state index contributed by atoms with van der Waals surface area (Å²) in [6.45, 7) is 0.113. The van der Waals surface area contributed by atoms with Crippen molar-refractivity contribution in [3.8, 4) is 0 Å². The number of nitrogens with one attached hydrogen (secondary N) is 3. The highest BCUT2D eigenvalue weighted by Gasteiger charge is 2.07. The summed E-state index contributed by atoms with van der Waals surface area (Å²) >= 11 is 0. The summed E-state index contributed by atoms with van der Waals surface area (Å²) in [5.74, 6) is 0.483. The number of nitrogens with zero attached hydrogens (tertiary/aromatic N) is 3. The molecule has 2 aromatic heterocycles. The van der Waals surface area contributed by atoms with Crippen LogP contribution in [-0.2, 0) is 4.79 Å². The van der Waals surface area contributed by atoms with Crippen molar-refractivity contribution >= 4 is 39.3 Å². The zero-order valence-electron chi connectivity index (χ0n) is 12.7. The lowest BCUT2D eigenvalue weighted by molar-refractivity contribution is -0.114. The molecule has 0 aliphatic heterocycles. The molecule has 4 rings (SSSR count). The molecule has 1 amide bonds. The van der Waals surface area contributed by atoms with E-state index < -0.39 is 0 Å². The molecular weight excluding hydrogens is 304 g/mol. The van der Waals surface area contributed by atoms with Crippen LogP contribution in [0.5, 0.6) is 0 Å².